The molecule has 7 aliphatic heterocycles. The molecule has 0 aromatic rings. The fourth-order valence-corrected chi connectivity index (χ4v) is 9.51. The Bertz CT molecular complexity index is 784. The van der Waals surface area contributed by atoms with Crippen LogP contribution in [0.2, 0.25) is 0 Å². The van der Waals surface area contributed by atoms with Gasteiger partial charge in [0.2, 0.25) is 0 Å². The predicted octanol–water partition coefficient (Wildman–Crippen LogP) is 10.1. The van der Waals surface area contributed by atoms with E-state index in [1.54, 1.807) is 0 Å². The second-order valence-corrected chi connectivity index (χ2v) is 21.3. The van der Waals surface area contributed by atoms with Gasteiger partial charge in [-0.25, -0.2) is 0 Å². The number of piperidine rings is 4. The third-order valence-electron chi connectivity index (χ3n) is 14.1. The topological polar surface area (TPSA) is 22.7 Å². The van der Waals surface area contributed by atoms with E-state index in [-0.39, 0.29) is 42.1 Å². The Hall–Kier alpha value is 0.0447. The summed E-state index contributed by atoms with van der Waals surface area (Å²) in [6.07, 6.45) is 25.6. The number of nitrogens with zero attached hydrogens (tertiary/aromatic N) is 7. The molecular weight excluding hydrogens is 789 g/mol. The first-order valence-electron chi connectivity index (χ1n) is 26.8. The van der Waals surface area contributed by atoms with Crippen molar-refractivity contribution in [3.8, 4) is 0 Å². The lowest BCUT2D eigenvalue weighted by Crippen LogP contribution is -2.35. The van der Waals surface area contributed by atoms with E-state index in [0.29, 0.717) is 0 Å². The molecule has 0 atom stereocenters. The van der Waals surface area contributed by atoms with E-state index < -0.39 is 0 Å². The molecule has 15 radical (unpaired) electrons. The maximum Gasteiger partial charge on any atom is 0.00385 e. The Morgan fingerprint density at radius 1 is 0.154 bits per heavy atom. The molecule has 12 heteroatoms. The second kappa shape index (κ2) is 46.4. The lowest BCUT2D eigenvalue weighted by atomic mass is 10.1. The van der Waals surface area contributed by atoms with Crippen LogP contribution in [0.3, 0.4) is 0 Å². The zero-order valence-electron chi connectivity index (χ0n) is 46.7. The predicted molar refractivity (Wildman–Crippen MR) is 299 cm³/mol. The molecule has 0 aromatic carbocycles. The van der Waals surface area contributed by atoms with Crippen molar-refractivity contribution in [2.75, 3.05) is 91.6 Å². The van der Waals surface area contributed by atoms with Crippen LogP contribution in [0.25, 0.3) is 0 Å². The van der Waals surface area contributed by atoms with Crippen molar-refractivity contribution in [1.29, 1.82) is 0 Å². The molecule has 0 spiro atoms. The van der Waals surface area contributed by atoms with Gasteiger partial charge in [0.05, 0.1) is 0 Å². The summed E-state index contributed by atoms with van der Waals surface area (Å²) < 4.78 is 0. The first kappa shape index (κ1) is 74.0. The molecule has 375 valence electrons. The van der Waals surface area contributed by atoms with Crippen LogP contribution in [0.1, 0.15) is 213 Å². The highest BCUT2D eigenvalue weighted by Gasteiger charge is 2.17. The van der Waals surface area contributed by atoms with Crippen molar-refractivity contribution in [2.45, 2.75) is 255 Å². The van der Waals surface area contributed by atoms with E-state index in [4.69, 9.17) is 0 Å². The van der Waals surface area contributed by atoms with Crippen LogP contribution in [-0.4, -0.2) is 210 Å². The summed E-state index contributed by atoms with van der Waals surface area (Å²) >= 11 is 0. The zero-order chi connectivity index (χ0) is 44.7. The highest BCUT2D eigenvalue weighted by molar-refractivity contribution is 5.76. The van der Waals surface area contributed by atoms with Gasteiger partial charge in [-0.3, -0.25) is 0 Å². The van der Waals surface area contributed by atoms with Crippen molar-refractivity contribution in [3.05, 3.63) is 0 Å². The van der Waals surface area contributed by atoms with Gasteiger partial charge in [-0.1, -0.05) is 25.7 Å². The first-order chi connectivity index (χ1) is 28.6. The van der Waals surface area contributed by atoms with Gasteiger partial charge < -0.3 is 34.3 Å². The van der Waals surface area contributed by atoms with Crippen molar-refractivity contribution in [3.63, 3.8) is 0 Å². The molecular formula is C53H113B5N7. The molecule has 7 nitrogen and oxygen atoms in total. The minimum Gasteiger partial charge on any atom is -0.301 e. The van der Waals surface area contributed by atoms with Crippen LogP contribution >= 0.6 is 0 Å². The van der Waals surface area contributed by atoms with Gasteiger partial charge in [0, 0.05) is 84.4 Å². The van der Waals surface area contributed by atoms with E-state index >= 15 is 0 Å². The normalized spacial score (nSPS) is 21.2. The summed E-state index contributed by atoms with van der Waals surface area (Å²) in [7, 11) is 0. The first-order valence-corrected chi connectivity index (χ1v) is 26.8. The fourth-order valence-electron chi connectivity index (χ4n) is 9.51. The molecule has 0 saturated carbocycles. The van der Waals surface area contributed by atoms with Gasteiger partial charge in [0.1, 0.15) is 0 Å². The molecule has 7 rings (SSSR count). The second-order valence-electron chi connectivity index (χ2n) is 21.3. The number of rotatable bonds is 7. The Kier molecular flexibility index (Phi) is 52.9. The van der Waals surface area contributed by atoms with Crippen LogP contribution < -0.4 is 0 Å². The third kappa shape index (κ3) is 37.5. The van der Waals surface area contributed by atoms with Gasteiger partial charge in [-0.15, -0.1) is 0 Å². The monoisotopic (exact) mass is 903 g/mol. The highest BCUT2D eigenvalue weighted by atomic mass is 15.2. The molecule has 0 aromatic heterocycles. The molecule has 65 heavy (non-hydrogen) atoms. The summed E-state index contributed by atoms with van der Waals surface area (Å²) in [5.41, 5.74) is 0. The zero-order valence-corrected chi connectivity index (χ0v) is 46.7. The van der Waals surface area contributed by atoms with Crippen LogP contribution in [0.15, 0.2) is 0 Å². The van der Waals surface area contributed by atoms with Crippen LogP contribution in [0, 0.1) is 0 Å². The lowest BCUT2D eigenvalue weighted by molar-refractivity contribution is 0.185. The average molecular weight is 903 g/mol. The van der Waals surface area contributed by atoms with Crippen molar-refractivity contribution >= 4 is 42.1 Å². The number of hydrogen-bond acceptors (Lipinski definition) is 7. The van der Waals surface area contributed by atoms with E-state index in [1.807, 2.05) is 0 Å². The molecule has 7 saturated heterocycles. The molecule has 0 aliphatic carbocycles. The number of likely N-dealkylation sites (tertiary alicyclic amines) is 7. The maximum atomic E-state index is 2.56. The number of hydrogen-bond donors (Lipinski definition) is 0. The standard InChI is InChI=1S/4C8H17N.3C7H15N.5B/c4*1-8(2)9-6-4-3-5-7-9;3*1-7(2)8-5-3-4-6-8;;;;;/h4*8H,3-7H2,1-2H3;3*7H,3-6H2,1-2H3;;;;;. The molecule has 0 unspecified atom stereocenters. The van der Waals surface area contributed by atoms with E-state index in [2.05, 4.69) is 131 Å². The van der Waals surface area contributed by atoms with E-state index in [0.717, 1.165) is 42.3 Å². The smallest absolute Gasteiger partial charge is 0.00385 e. The van der Waals surface area contributed by atoms with Gasteiger partial charge in [-0.2, -0.15) is 0 Å². The molecule has 7 aliphatic rings. The molecule has 0 amide bonds. The third-order valence-corrected chi connectivity index (χ3v) is 14.1. The van der Waals surface area contributed by atoms with Crippen LogP contribution in [-0.2, 0) is 0 Å². The molecule has 0 bridgehead atoms. The maximum absolute atomic E-state index is 2.56. The minimum absolute atomic E-state index is 0. The molecule has 0 N–H and O–H groups in total. The molecule has 7 heterocycles. The minimum atomic E-state index is 0. The summed E-state index contributed by atoms with van der Waals surface area (Å²) in [6, 6.07) is 5.40. The SMILES string of the molecule is CC(C)N1CCCC1.CC(C)N1CCCC1.CC(C)N1CCCC1.CC(C)N1CCCCC1.CC(C)N1CCCCC1.CC(C)N1CCCCC1.CC(C)N1CCCCC1.[B].[B].[B].[B].[B]. The van der Waals surface area contributed by atoms with E-state index in [9.17, 15) is 0 Å². The fraction of sp³-hybridized carbons (Fsp3) is 1.00. The highest BCUT2D eigenvalue weighted by Crippen LogP contribution is 2.15. The van der Waals surface area contributed by atoms with E-state index in [1.165, 1.54) is 207 Å². The Labute approximate surface area is 421 Å². The van der Waals surface area contributed by atoms with Gasteiger partial charge in [0.25, 0.3) is 0 Å². The van der Waals surface area contributed by atoms with Crippen LogP contribution in [0.4, 0.5) is 0 Å². The lowest BCUT2D eigenvalue weighted by Gasteiger charge is -2.29. The summed E-state index contributed by atoms with van der Waals surface area (Å²) in [6.45, 7) is 50.5. The van der Waals surface area contributed by atoms with Crippen molar-refractivity contribution < 1.29 is 0 Å². The average Bonchev–Trinajstić information content (AvgIpc) is 4.09. The largest absolute Gasteiger partial charge is 0.301 e. The van der Waals surface area contributed by atoms with Crippen LogP contribution in [0.5, 0.6) is 0 Å². The molecule has 7 fully saturated rings. The summed E-state index contributed by atoms with van der Waals surface area (Å²) in [5.74, 6) is 0. The Morgan fingerprint density at radius 2 is 0.231 bits per heavy atom. The quantitative estimate of drug-likeness (QED) is 0.235. The summed E-state index contributed by atoms with van der Waals surface area (Å²) in [4.78, 5) is 17.8. The van der Waals surface area contributed by atoms with Crippen molar-refractivity contribution in [2.24, 2.45) is 0 Å². The Balaban J connectivity index is -0.000000213. The summed E-state index contributed by atoms with van der Waals surface area (Å²) in [5, 5.41) is 0. The van der Waals surface area contributed by atoms with Gasteiger partial charge in [-0.05, 0) is 278 Å². The van der Waals surface area contributed by atoms with Gasteiger partial charge >= 0.3 is 0 Å². The van der Waals surface area contributed by atoms with Gasteiger partial charge in [0.15, 0.2) is 0 Å². The Morgan fingerprint density at radius 3 is 0.292 bits per heavy atom. The van der Waals surface area contributed by atoms with Crippen molar-refractivity contribution in [1.82, 2.24) is 34.3 Å².